The average Bonchev–Trinajstić information content (AvgIpc) is 3.11. The van der Waals surface area contributed by atoms with Gasteiger partial charge in [0, 0.05) is 25.2 Å². The summed E-state index contributed by atoms with van der Waals surface area (Å²) < 4.78 is 11.6. The topological polar surface area (TPSA) is 119 Å². The fourth-order valence-electron chi connectivity index (χ4n) is 3.48. The molecular weight excluding hydrogens is 542 g/mol. The number of morpholine rings is 1. The summed E-state index contributed by atoms with van der Waals surface area (Å²) in [5.41, 5.74) is 1.29. The number of imide groups is 1. The Hall–Kier alpha value is -3.22. The summed E-state index contributed by atoms with van der Waals surface area (Å²) >= 11 is 4.22. The monoisotopic (exact) mass is 561 g/mol. The zero-order valence-electron chi connectivity index (χ0n) is 18.3. The average molecular weight is 562 g/mol. The number of hydrogen-bond donors (Lipinski definition) is 0. The van der Waals surface area contributed by atoms with Crippen LogP contribution < -0.4 is 4.74 Å². The highest BCUT2D eigenvalue weighted by Gasteiger charge is 2.37. The molecule has 0 bridgehead atoms. The van der Waals surface area contributed by atoms with E-state index in [1.54, 1.807) is 41.3 Å². The van der Waals surface area contributed by atoms with E-state index in [9.17, 15) is 24.5 Å². The van der Waals surface area contributed by atoms with Crippen molar-refractivity contribution in [3.05, 3.63) is 73.1 Å². The molecule has 0 atom stereocenters. The van der Waals surface area contributed by atoms with Gasteiger partial charge in [-0.25, -0.2) is 0 Å². The number of nitro groups is 1. The minimum Gasteiger partial charge on any atom is -0.488 e. The van der Waals surface area contributed by atoms with Gasteiger partial charge in [-0.2, -0.15) is 0 Å². The number of nitrogens with zero attached hydrogens (tertiary/aromatic N) is 3. The number of rotatable bonds is 7. The Bertz CT molecular complexity index is 1210. The quantitative estimate of drug-likeness (QED) is 0.284. The molecule has 2 aliphatic heterocycles. The zero-order chi connectivity index (χ0) is 24.9. The number of thioether (sulfide) groups is 1. The molecule has 0 aliphatic carbocycles. The third-order valence-corrected chi connectivity index (χ3v) is 6.83. The van der Waals surface area contributed by atoms with Crippen LogP contribution >= 0.6 is 27.7 Å². The van der Waals surface area contributed by atoms with E-state index in [0.29, 0.717) is 47.7 Å². The van der Waals surface area contributed by atoms with E-state index in [4.69, 9.17) is 9.47 Å². The first-order valence-electron chi connectivity index (χ1n) is 10.6. The third-order valence-electron chi connectivity index (χ3n) is 5.30. The molecule has 12 heteroatoms. The lowest BCUT2D eigenvalue weighted by Crippen LogP contribution is -2.46. The van der Waals surface area contributed by atoms with Gasteiger partial charge in [0.25, 0.3) is 16.8 Å². The number of non-ortho nitro benzene ring substituents is 1. The molecular formula is C23H20BrN3O7S. The molecule has 10 nitrogen and oxygen atoms in total. The highest BCUT2D eigenvalue weighted by atomic mass is 79.9. The van der Waals surface area contributed by atoms with Gasteiger partial charge in [-0.1, -0.05) is 18.2 Å². The number of ether oxygens (including phenoxy) is 2. The van der Waals surface area contributed by atoms with Gasteiger partial charge in [0.2, 0.25) is 5.91 Å². The Morgan fingerprint density at radius 1 is 1.20 bits per heavy atom. The fourth-order valence-corrected chi connectivity index (χ4v) is 4.83. The van der Waals surface area contributed by atoms with Crippen molar-refractivity contribution in [3.63, 3.8) is 0 Å². The van der Waals surface area contributed by atoms with Crippen molar-refractivity contribution in [2.75, 3.05) is 32.8 Å². The van der Waals surface area contributed by atoms with E-state index in [2.05, 4.69) is 15.9 Å². The molecule has 4 rings (SSSR count). The van der Waals surface area contributed by atoms with Crippen LogP contribution in [0.15, 0.2) is 51.8 Å². The van der Waals surface area contributed by atoms with Crippen LogP contribution in [0.4, 0.5) is 10.5 Å². The lowest BCUT2D eigenvalue weighted by molar-refractivity contribution is -0.384. The van der Waals surface area contributed by atoms with Gasteiger partial charge in [-0.15, -0.1) is 0 Å². The van der Waals surface area contributed by atoms with Crippen molar-refractivity contribution in [1.82, 2.24) is 9.80 Å². The summed E-state index contributed by atoms with van der Waals surface area (Å²) in [7, 11) is 0. The number of hydrogen-bond acceptors (Lipinski definition) is 8. The molecule has 0 unspecified atom stereocenters. The van der Waals surface area contributed by atoms with Crippen LogP contribution in [-0.2, 0) is 20.9 Å². The van der Waals surface area contributed by atoms with E-state index in [-0.39, 0.29) is 29.7 Å². The summed E-state index contributed by atoms with van der Waals surface area (Å²) in [4.78, 5) is 50.8. The minimum atomic E-state index is -0.510. The molecule has 2 aliphatic rings. The molecule has 2 aromatic rings. The standard InChI is InChI=1S/C23H20BrN3O7S/c24-18-11-15(4-5-19(18)34-14-16-2-1-3-17(10-16)27(31)32)12-20-22(29)26(23(30)35-20)13-21(28)25-6-8-33-9-7-25/h1-5,10-12H,6-9,13-14H2/b20-12+. The minimum absolute atomic E-state index is 0.0129. The second kappa shape index (κ2) is 11.0. The van der Waals surface area contributed by atoms with E-state index < -0.39 is 16.1 Å². The Kier molecular flexibility index (Phi) is 7.83. The molecule has 0 N–H and O–H groups in total. The highest BCUT2D eigenvalue weighted by Crippen LogP contribution is 2.34. The van der Waals surface area contributed by atoms with Gasteiger partial charge in [0.1, 0.15) is 18.9 Å². The molecule has 2 fully saturated rings. The summed E-state index contributed by atoms with van der Waals surface area (Å²) in [5, 5.41) is 10.4. The predicted molar refractivity (Wildman–Crippen MR) is 132 cm³/mol. The van der Waals surface area contributed by atoms with Crippen molar-refractivity contribution in [2.45, 2.75) is 6.61 Å². The molecule has 0 aromatic heterocycles. The Morgan fingerprint density at radius 3 is 2.69 bits per heavy atom. The van der Waals surface area contributed by atoms with Gasteiger partial charge in [0.15, 0.2) is 0 Å². The Morgan fingerprint density at radius 2 is 1.97 bits per heavy atom. The maximum atomic E-state index is 12.8. The maximum Gasteiger partial charge on any atom is 0.294 e. The molecule has 0 spiro atoms. The van der Waals surface area contributed by atoms with Crippen LogP contribution in [0.2, 0.25) is 0 Å². The van der Waals surface area contributed by atoms with Crippen molar-refractivity contribution in [2.24, 2.45) is 0 Å². The van der Waals surface area contributed by atoms with Crippen LogP contribution in [-0.4, -0.2) is 64.6 Å². The number of halogens is 1. The van der Waals surface area contributed by atoms with Crippen LogP contribution in [0.5, 0.6) is 5.75 Å². The van der Waals surface area contributed by atoms with Gasteiger partial charge in [-0.05, 0) is 57.0 Å². The third kappa shape index (κ3) is 6.08. The lowest BCUT2D eigenvalue weighted by atomic mass is 10.2. The Labute approximate surface area is 213 Å². The lowest BCUT2D eigenvalue weighted by Gasteiger charge is -2.28. The van der Waals surface area contributed by atoms with Gasteiger partial charge < -0.3 is 14.4 Å². The molecule has 3 amide bonds. The number of amides is 3. The van der Waals surface area contributed by atoms with E-state index in [0.717, 1.165) is 16.7 Å². The SMILES string of the molecule is O=C(CN1C(=O)S/C(=C/c2ccc(OCc3cccc([N+](=O)[O-])c3)c(Br)c2)C1=O)N1CCOCC1. The van der Waals surface area contributed by atoms with Crippen molar-refractivity contribution in [1.29, 1.82) is 0 Å². The van der Waals surface area contributed by atoms with Crippen molar-refractivity contribution < 1.29 is 28.8 Å². The van der Waals surface area contributed by atoms with E-state index in [1.165, 1.54) is 12.1 Å². The molecule has 2 saturated heterocycles. The van der Waals surface area contributed by atoms with Gasteiger partial charge >= 0.3 is 0 Å². The maximum absolute atomic E-state index is 12.8. The summed E-state index contributed by atoms with van der Waals surface area (Å²) in [6.45, 7) is 1.59. The van der Waals surface area contributed by atoms with Gasteiger partial charge in [0.05, 0.1) is 27.5 Å². The predicted octanol–water partition coefficient (Wildman–Crippen LogP) is 3.83. The van der Waals surface area contributed by atoms with Crippen LogP contribution in [0, 0.1) is 10.1 Å². The number of nitro benzene ring substituents is 1. The second-order valence-corrected chi connectivity index (χ2v) is 9.51. The van der Waals surface area contributed by atoms with Crippen LogP contribution in [0.25, 0.3) is 6.08 Å². The van der Waals surface area contributed by atoms with Gasteiger partial charge in [-0.3, -0.25) is 29.4 Å². The largest absolute Gasteiger partial charge is 0.488 e. The molecule has 2 heterocycles. The first-order chi connectivity index (χ1) is 16.8. The second-order valence-electron chi connectivity index (χ2n) is 7.67. The van der Waals surface area contributed by atoms with Crippen molar-refractivity contribution >= 4 is 56.5 Å². The van der Waals surface area contributed by atoms with Crippen LogP contribution in [0.3, 0.4) is 0 Å². The molecule has 0 radical (unpaired) electrons. The molecule has 2 aromatic carbocycles. The molecule has 35 heavy (non-hydrogen) atoms. The fraction of sp³-hybridized carbons (Fsp3) is 0.261. The Balaban J connectivity index is 1.40. The number of benzene rings is 2. The first kappa shape index (κ1) is 24.9. The van der Waals surface area contributed by atoms with Crippen LogP contribution in [0.1, 0.15) is 11.1 Å². The summed E-state index contributed by atoms with van der Waals surface area (Å²) in [6.07, 6.45) is 1.58. The first-order valence-corrected chi connectivity index (χ1v) is 12.2. The summed E-state index contributed by atoms with van der Waals surface area (Å²) in [5.74, 6) is -0.286. The smallest absolute Gasteiger partial charge is 0.294 e. The molecule has 182 valence electrons. The number of carbonyl (C=O) groups is 3. The molecule has 0 saturated carbocycles. The zero-order valence-corrected chi connectivity index (χ0v) is 20.7. The van der Waals surface area contributed by atoms with E-state index >= 15 is 0 Å². The summed E-state index contributed by atoms with van der Waals surface area (Å²) in [6, 6.07) is 11.3. The number of carbonyl (C=O) groups excluding carboxylic acids is 3. The van der Waals surface area contributed by atoms with Crippen molar-refractivity contribution in [3.8, 4) is 5.75 Å². The highest BCUT2D eigenvalue weighted by molar-refractivity contribution is 9.10. The normalized spacial score (nSPS) is 17.2. The van der Waals surface area contributed by atoms with E-state index in [1.807, 2.05) is 0 Å².